The molecule has 3 aromatic rings. The van der Waals surface area contributed by atoms with E-state index in [0.29, 0.717) is 25.6 Å². The third-order valence-corrected chi connectivity index (χ3v) is 5.37. The van der Waals surface area contributed by atoms with Crippen LogP contribution >= 0.6 is 0 Å². The molecule has 0 bridgehead atoms. The number of piperidine rings is 1. The third kappa shape index (κ3) is 5.01. The van der Waals surface area contributed by atoms with Gasteiger partial charge in [0, 0.05) is 25.3 Å². The SMILES string of the molecule is O=C(NCC1CCN(c2nc3ccccc3o2)CC1)C(=O)Nc1cccc(C(F)(F)F)c1. The van der Waals surface area contributed by atoms with Crippen molar-refractivity contribution in [3.8, 4) is 0 Å². The lowest BCUT2D eigenvalue weighted by molar-refractivity contribution is -0.137. The number of oxazole rings is 1. The normalized spacial score (nSPS) is 15.0. The van der Waals surface area contributed by atoms with Crippen LogP contribution in [0.4, 0.5) is 24.9 Å². The summed E-state index contributed by atoms with van der Waals surface area (Å²) in [5, 5.41) is 4.77. The van der Waals surface area contributed by atoms with Crippen molar-refractivity contribution >= 4 is 34.6 Å². The van der Waals surface area contributed by atoms with Crippen LogP contribution in [0.5, 0.6) is 0 Å². The predicted octanol–water partition coefficient (Wildman–Crippen LogP) is 3.82. The Morgan fingerprint density at radius 3 is 2.53 bits per heavy atom. The van der Waals surface area contributed by atoms with Gasteiger partial charge in [0.1, 0.15) is 5.52 Å². The van der Waals surface area contributed by atoms with Crippen LogP contribution in [0.3, 0.4) is 0 Å². The molecule has 2 aromatic carbocycles. The molecule has 1 saturated heterocycles. The second-order valence-corrected chi connectivity index (χ2v) is 7.64. The number of hydrogen-bond acceptors (Lipinski definition) is 5. The summed E-state index contributed by atoms with van der Waals surface area (Å²) in [7, 11) is 0. The van der Waals surface area contributed by atoms with E-state index in [1.54, 1.807) is 0 Å². The minimum absolute atomic E-state index is 0.0911. The molecule has 2 N–H and O–H groups in total. The number of anilines is 2. The molecule has 4 rings (SSSR count). The molecule has 2 amide bonds. The van der Waals surface area contributed by atoms with E-state index in [1.807, 2.05) is 29.2 Å². The first-order valence-electron chi connectivity index (χ1n) is 10.2. The molecule has 0 unspecified atom stereocenters. The molecule has 0 aliphatic carbocycles. The Morgan fingerprint density at radius 1 is 1.06 bits per heavy atom. The molecule has 10 heteroatoms. The summed E-state index contributed by atoms with van der Waals surface area (Å²) in [6.07, 6.45) is -2.99. The topological polar surface area (TPSA) is 87.5 Å². The number of halogens is 3. The average Bonchev–Trinajstić information content (AvgIpc) is 3.22. The van der Waals surface area contributed by atoms with Gasteiger partial charge < -0.3 is 20.0 Å². The summed E-state index contributed by atoms with van der Waals surface area (Å²) in [6, 6.07) is 12.2. The van der Waals surface area contributed by atoms with E-state index >= 15 is 0 Å². The van der Waals surface area contributed by atoms with Crippen molar-refractivity contribution in [2.75, 3.05) is 29.9 Å². The molecule has 0 atom stereocenters. The van der Waals surface area contributed by atoms with Gasteiger partial charge in [-0.15, -0.1) is 0 Å². The Kier molecular flexibility index (Phi) is 6.02. The van der Waals surface area contributed by atoms with Gasteiger partial charge in [0.05, 0.1) is 5.56 Å². The number of carbonyl (C=O) groups is 2. The van der Waals surface area contributed by atoms with Gasteiger partial charge in [0.2, 0.25) is 0 Å². The molecular formula is C22H21F3N4O3. The van der Waals surface area contributed by atoms with Gasteiger partial charge in [0.25, 0.3) is 6.01 Å². The minimum Gasteiger partial charge on any atom is -0.423 e. The van der Waals surface area contributed by atoms with Gasteiger partial charge in [-0.25, -0.2) is 0 Å². The molecule has 32 heavy (non-hydrogen) atoms. The molecule has 2 heterocycles. The van der Waals surface area contributed by atoms with Gasteiger partial charge in [-0.2, -0.15) is 18.2 Å². The first-order valence-corrected chi connectivity index (χ1v) is 10.2. The maximum atomic E-state index is 12.8. The standard InChI is InChI=1S/C22H21F3N4O3/c23-22(24,25)15-4-3-5-16(12-15)27-20(31)19(30)26-13-14-8-10-29(11-9-14)21-28-17-6-1-2-7-18(17)32-21/h1-7,12,14H,8-11,13H2,(H,26,30)(H,27,31). The van der Waals surface area contributed by atoms with Crippen LogP contribution in [-0.4, -0.2) is 36.4 Å². The number of hydrogen-bond donors (Lipinski definition) is 2. The van der Waals surface area contributed by atoms with E-state index in [2.05, 4.69) is 15.6 Å². The molecule has 1 aliphatic heterocycles. The summed E-state index contributed by atoms with van der Waals surface area (Å²) in [4.78, 5) is 30.6. The highest BCUT2D eigenvalue weighted by atomic mass is 19.4. The molecule has 7 nitrogen and oxygen atoms in total. The van der Waals surface area contributed by atoms with Crippen molar-refractivity contribution in [2.24, 2.45) is 5.92 Å². The summed E-state index contributed by atoms with van der Waals surface area (Å²) in [5.74, 6) is -1.72. The van der Waals surface area contributed by atoms with E-state index in [-0.39, 0.29) is 11.6 Å². The van der Waals surface area contributed by atoms with Gasteiger partial charge in [-0.3, -0.25) is 9.59 Å². The number of aromatic nitrogens is 1. The number of carbonyl (C=O) groups excluding carboxylic acids is 2. The Bertz CT molecular complexity index is 1090. The molecule has 0 spiro atoms. The predicted molar refractivity (Wildman–Crippen MR) is 112 cm³/mol. The van der Waals surface area contributed by atoms with Crippen LogP contribution < -0.4 is 15.5 Å². The minimum atomic E-state index is -4.53. The van der Waals surface area contributed by atoms with Crippen LogP contribution in [0.2, 0.25) is 0 Å². The Balaban J connectivity index is 1.24. The zero-order valence-electron chi connectivity index (χ0n) is 17.0. The number of nitrogens with one attached hydrogen (secondary N) is 2. The Morgan fingerprint density at radius 2 is 1.81 bits per heavy atom. The third-order valence-electron chi connectivity index (χ3n) is 5.37. The van der Waals surface area contributed by atoms with Crippen molar-refractivity contribution in [3.05, 3.63) is 54.1 Å². The van der Waals surface area contributed by atoms with Crippen LogP contribution in [0.1, 0.15) is 18.4 Å². The van der Waals surface area contributed by atoms with Gasteiger partial charge in [-0.1, -0.05) is 18.2 Å². The van der Waals surface area contributed by atoms with Crippen LogP contribution in [0, 0.1) is 5.92 Å². The molecule has 1 aliphatic rings. The van der Waals surface area contributed by atoms with Crippen LogP contribution in [-0.2, 0) is 15.8 Å². The fourth-order valence-electron chi connectivity index (χ4n) is 3.60. The van der Waals surface area contributed by atoms with Gasteiger partial charge in [-0.05, 0) is 49.1 Å². The second kappa shape index (κ2) is 8.89. The number of rotatable bonds is 4. The van der Waals surface area contributed by atoms with Crippen LogP contribution in [0.25, 0.3) is 11.1 Å². The van der Waals surface area contributed by atoms with Crippen molar-refractivity contribution in [1.29, 1.82) is 0 Å². The van der Waals surface area contributed by atoms with E-state index < -0.39 is 23.6 Å². The van der Waals surface area contributed by atoms with Gasteiger partial charge in [0.15, 0.2) is 5.58 Å². The zero-order valence-corrected chi connectivity index (χ0v) is 17.0. The van der Waals surface area contributed by atoms with E-state index in [4.69, 9.17) is 4.42 Å². The van der Waals surface area contributed by atoms with Crippen molar-refractivity contribution in [2.45, 2.75) is 19.0 Å². The van der Waals surface area contributed by atoms with Crippen molar-refractivity contribution in [3.63, 3.8) is 0 Å². The molecule has 0 radical (unpaired) electrons. The molecule has 168 valence electrons. The molecule has 1 fully saturated rings. The summed E-state index contributed by atoms with van der Waals surface area (Å²) in [6.45, 7) is 1.70. The van der Waals surface area contributed by atoms with Crippen LogP contribution in [0.15, 0.2) is 52.9 Å². The summed E-state index contributed by atoms with van der Waals surface area (Å²) >= 11 is 0. The zero-order chi connectivity index (χ0) is 22.7. The maximum absolute atomic E-state index is 12.8. The second-order valence-electron chi connectivity index (χ2n) is 7.64. The number of fused-ring (bicyclic) bond motifs is 1. The number of nitrogens with zero attached hydrogens (tertiary/aromatic N) is 2. The van der Waals surface area contributed by atoms with Crippen molar-refractivity contribution in [1.82, 2.24) is 10.3 Å². The first kappa shape index (κ1) is 21.7. The summed E-state index contributed by atoms with van der Waals surface area (Å²) in [5.41, 5.74) is 0.528. The summed E-state index contributed by atoms with van der Waals surface area (Å²) < 4.78 is 44.1. The Labute approximate surface area is 181 Å². The molecule has 0 saturated carbocycles. The van der Waals surface area contributed by atoms with Crippen molar-refractivity contribution < 1.29 is 27.2 Å². The number of alkyl halides is 3. The van der Waals surface area contributed by atoms with Gasteiger partial charge >= 0.3 is 18.0 Å². The highest BCUT2D eigenvalue weighted by molar-refractivity contribution is 6.39. The lowest BCUT2D eigenvalue weighted by atomic mass is 9.97. The molecule has 1 aromatic heterocycles. The highest BCUT2D eigenvalue weighted by Crippen LogP contribution is 2.30. The lowest BCUT2D eigenvalue weighted by Crippen LogP contribution is -2.42. The van der Waals surface area contributed by atoms with E-state index in [1.165, 1.54) is 12.1 Å². The van der Waals surface area contributed by atoms with E-state index in [9.17, 15) is 22.8 Å². The Hall–Kier alpha value is -3.56. The van der Waals surface area contributed by atoms with E-state index in [0.717, 1.165) is 36.1 Å². The fraction of sp³-hybridized carbons (Fsp3) is 0.318. The smallest absolute Gasteiger partial charge is 0.416 e. The number of amides is 2. The quantitative estimate of drug-likeness (QED) is 0.595. The lowest BCUT2D eigenvalue weighted by Gasteiger charge is -2.30. The largest absolute Gasteiger partial charge is 0.423 e. The maximum Gasteiger partial charge on any atom is 0.416 e. The first-order chi connectivity index (χ1) is 15.3. The highest BCUT2D eigenvalue weighted by Gasteiger charge is 2.30. The number of para-hydroxylation sites is 2. The number of benzene rings is 2. The average molecular weight is 446 g/mol. The molecular weight excluding hydrogens is 425 g/mol. The fourth-order valence-corrected chi connectivity index (χ4v) is 3.60. The monoisotopic (exact) mass is 446 g/mol.